The smallest absolute Gasteiger partial charge is 0.343 e. The summed E-state index contributed by atoms with van der Waals surface area (Å²) >= 11 is 0. The molecule has 0 atom stereocenters. The first-order chi connectivity index (χ1) is 23.1. The average Bonchev–Trinajstić information content (AvgIpc) is 3.26. The van der Waals surface area contributed by atoms with Crippen molar-refractivity contribution in [2.24, 2.45) is 0 Å². The van der Waals surface area contributed by atoms with Crippen molar-refractivity contribution in [3.63, 3.8) is 0 Å². The third-order valence-electron chi connectivity index (χ3n) is 8.99. The van der Waals surface area contributed by atoms with Crippen molar-refractivity contribution in [1.82, 2.24) is 0 Å². The Balaban J connectivity index is 1.54. The normalized spacial score (nSPS) is 11.0. The Bertz CT molecular complexity index is 1100. The minimum atomic E-state index is -0.550. The fraction of sp³-hybridized carbons (Fsp3) is 0.667. The van der Waals surface area contributed by atoms with Crippen LogP contribution in [0.25, 0.3) is 0 Å². The van der Waals surface area contributed by atoms with Crippen molar-refractivity contribution < 1.29 is 14.3 Å². The molecule has 0 amide bonds. The van der Waals surface area contributed by atoms with Gasteiger partial charge in [-0.05, 0) is 61.4 Å². The van der Waals surface area contributed by atoms with Gasteiger partial charge in [-0.2, -0.15) is 0 Å². The Labute approximate surface area is 287 Å². The molecule has 0 aromatic heterocycles. The van der Waals surface area contributed by atoms with Gasteiger partial charge in [0.25, 0.3) is 0 Å². The van der Waals surface area contributed by atoms with Crippen LogP contribution in [0.15, 0.2) is 53.3 Å². The lowest BCUT2D eigenvalue weighted by molar-refractivity contribution is 0.0733. The maximum absolute atomic E-state index is 12.7. The lowest BCUT2D eigenvalue weighted by Crippen LogP contribution is -2.13. The first-order valence-electron chi connectivity index (χ1n) is 19.5. The summed E-state index contributed by atoms with van der Waals surface area (Å²) in [6, 6.07) is 13.5. The SMILES string of the molecule is CCCCCCCCCCCCCCCCCCNc1ccc(OC(=O)c2ccc(OCCCCCCCCCC)cc2)c(=O)cc1. The number of anilines is 1. The summed E-state index contributed by atoms with van der Waals surface area (Å²) in [5.41, 5.74) is 0.916. The van der Waals surface area contributed by atoms with Gasteiger partial charge in [-0.25, -0.2) is 4.79 Å². The van der Waals surface area contributed by atoms with Crippen LogP contribution < -0.4 is 20.2 Å². The molecule has 2 aromatic carbocycles. The highest BCUT2D eigenvalue weighted by atomic mass is 16.5. The van der Waals surface area contributed by atoms with Gasteiger partial charge in [-0.3, -0.25) is 4.79 Å². The molecule has 0 heterocycles. The predicted octanol–water partition coefficient (Wildman–Crippen LogP) is 12.5. The summed E-state index contributed by atoms with van der Waals surface area (Å²) in [4.78, 5) is 25.3. The highest BCUT2D eigenvalue weighted by Crippen LogP contribution is 2.17. The highest BCUT2D eigenvalue weighted by Gasteiger charge is 2.11. The average molecular weight is 650 g/mol. The molecule has 2 rings (SSSR count). The molecule has 47 heavy (non-hydrogen) atoms. The second kappa shape index (κ2) is 28.2. The fourth-order valence-electron chi connectivity index (χ4n) is 5.93. The first-order valence-corrected chi connectivity index (χ1v) is 19.5. The van der Waals surface area contributed by atoms with E-state index in [1.54, 1.807) is 42.5 Å². The maximum Gasteiger partial charge on any atom is 0.343 e. The van der Waals surface area contributed by atoms with Crippen molar-refractivity contribution in [2.45, 2.75) is 168 Å². The van der Waals surface area contributed by atoms with Gasteiger partial charge in [-0.1, -0.05) is 155 Å². The van der Waals surface area contributed by atoms with E-state index in [0.717, 1.165) is 30.8 Å². The van der Waals surface area contributed by atoms with Crippen molar-refractivity contribution in [1.29, 1.82) is 0 Å². The monoisotopic (exact) mass is 650 g/mol. The molecule has 2 aromatic rings. The van der Waals surface area contributed by atoms with Crippen LogP contribution in [-0.4, -0.2) is 19.1 Å². The lowest BCUT2D eigenvalue weighted by atomic mass is 10.0. The molecule has 1 N–H and O–H groups in total. The summed E-state index contributed by atoms with van der Waals surface area (Å²) in [6.45, 7) is 6.06. The molecular weight excluding hydrogens is 582 g/mol. The number of ether oxygens (including phenoxy) is 2. The number of unbranched alkanes of at least 4 members (excludes halogenated alkanes) is 22. The van der Waals surface area contributed by atoms with Crippen molar-refractivity contribution >= 4 is 11.7 Å². The molecule has 0 unspecified atom stereocenters. The third-order valence-corrected chi connectivity index (χ3v) is 8.99. The number of rotatable bonds is 30. The molecular formula is C42H67NO4. The van der Waals surface area contributed by atoms with Crippen LogP contribution in [0.1, 0.15) is 178 Å². The fourth-order valence-corrected chi connectivity index (χ4v) is 5.93. The van der Waals surface area contributed by atoms with E-state index in [-0.39, 0.29) is 11.2 Å². The zero-order valence-electron chi connectivity index (χ0n) is 30.1. The van der Waals surface area contributed by atoms with Crippen LogP contribution >= 0.6 is 0 Å². The van der Waals surface area contributed by atoms with Crippen molar-refractivity contribution in [3.05, 3.63) is 64.3 Å². The van der Waals surface area contributed by atoms with Crippen LogP contribution in [0.3, 0.4) is 0 Å². The maximum atomic E-state index is 12.7. The van der Waals surface area contributed by atoms with Crippen LogP contribution in [0.2, 0.25) is 0 Å². The van der Waals surface area contributed by atoms with E-state index < -0.39 is 5.97 Å². The highest BCUT2D eigenvalue weighted by molar-refractivity contribution is 5.91. The molecule has 0 saturated carbocycles. The van der Waals surface area contributed by atoms with E-state index in [9.17, 15) is 9.59 Å². The molecule has 5 heteroatoms. The number of nitrogens with one attached hydrogen (secondary N) is 1. The Morgan fingerprint density at radius 1 is 0.532 bits per heavy atom. The second-order valence-corrected chi connectivity index (χ2v) is 13.3. The van der Waals surface area contributed by atoms with Gasteiger partial charge < -0.3 is 14.8 Å². The van der Waals surface area contributed by atoms with Gasteiger partial charge >= 0.3 is 5.97 Å². The Morgan fingerprint density at radius 3 is 1.49 bits per heavy atom. The summed E-state index contributed by atoms with van der Waals surface area (Å²) in [7, 11) is 0. The second-order valence-electron chi connectivity index (χ2n) is 13.3. The molecule has 264 valence electrons. The molecule has 0 bridgehead atoms. The van der Waals surface area contributed by atoms with Crippen LogP contribution in [0, 0.1) is 0 Å². The Hall–Kier alpha value is -2.82. The molecule has 0 spiro atoms. The van der Waals surface area contributed by atoms with Crippen LogP contribution in [-0.2, 0) is 0 Å². The number of carbonyl (C=O) groups is 1. The predicted molar refractivity (Wildman–Crippen MR) is 200 cm³/mol. The first kappa shape index (κ1) is 40.4. The minimum Gasteiger partial charge on any atom is -0.494 e. The van der Waals surface area contributed by atoms with E-state index in [4.69, 9.17) is 9.47 Å². The number of carbonyl (C=O) groups excluding carboxylic acids is 1. The lowest BCUT2D eigenvalue weighted by Gasteiger charge is -2.07. The summed E-state index contributed by atoms with van der Waals surface area (Å²) in [5.74, 6) is 0.214. The zero-order valence-corrected chi connectivity index (χ0v) is 30.1. The van der Waals surface area contributed by atoms with Crippen molar-refractivity contribution in [2.75, 3.05) is 18.5 Å². The topological polar surface area (TPSA) is 64.6 Å². The standard InChI is InChI=1S/C42H67NO4/c1-3-5-7-9-11-13-14-15-16-17-18-19-20-21-23-25-35-43-38-29-33-40(44)41(34-30-38)47-42(45)37-27-31-39(32-28-37)46-36-26-24-22-12-10-8-6-4-2/h27-34,43H,3-26,35-36H2,1-2H3. The van der Waals surface area contributed by atoms with Crippen molar-refractivity contribution in [3.8, 4) is 11.5 Å². The van der Waals surface area contributed by atoms with E-state index in [1.165, 1.54) is 147 Å². The zero-order chi connectivity index (χ0) is 33.6. The number of esters is 1. The summed E-state index contributed by atoms with van der Waals surface area (Å²) < 4.78 is 11.3. The minimum absolute atomic E-state index is 0.0282. The summed E-state index contributed by atoms with van der Waals surface area (Å²) in [6.07, 6.45) is 31.8. The van der Waals surface area contributed by atoms with Gasteiger partial charge in [0, 0.05) is 12.2 Å². The number of hydrogen-bond acceptors (Lipinski definition) is 5. The van der Waals surface area contributed by atoms with Gasteiger partial charge in [0.05, 0.1) is 12.2 Å². The van der Waals surface area contributed by atoms with E-state index >= 15 is 0 Å². The van der Waals surface area contributed by atoms with Gasteiger partial charge in [0.15, 0.2) is 5.75 Å². The van der Waals surface area contributed by atoms with E-state index in [1.807, 2.05) is 0 Å². The molecule has 0 aliphatic heterocycles. The molecule has 0 radical (unpaired) electrons. The van der Waals surface area contributed by atoms with E-state index in [0.29, 0.717) is 12.2 Å². The quantitative estimate of drug-likeness (QED) is 0.0674. The molecule has 0 aliphatic carbocycles. The third kappa shape index (κ3) is 20.9. The summed E-state index contributed by atoms with van der Waals surface area (Å²) in [5, 5.41) is 3.40. The largest absolute Gasteiger partial charge is 0.494 e. The molecule has 0 aliphatic rings. The molecule has 0 fully saturated rings. The molecule has 0 saturated heterocycles. The number of hydrogen-bond donors (Lipinski definition) is 1. The Kier molecular flexibility index (Phi) is 24.2. The van der Waals surface area contributed by atoms with Crippen LogP contribution in [0.4, 0.5) is 5.69 Å². The van der Waals surface area contributed by atoms with Gasteiger partial charge in [-0.15, -0.1) is 0 Å². The molecule has 5 nitrogen and oxygen atoms in total. The Morgan fingerprint density at radius 2 is 0.979 bits per heavy atom. The van der Waals surface area contributed by atoms with Gasteiger partial charge in [0.2, 0.25) is 5.43 Å². The van der Waals surface area contributed by atoms with Crippen LogP contribution in [0.5, 0.6) is 11.5 Å². The van der Waals surface area contributed by atoms with E-state index in [2.05, 4.69) is 19.2 Å². The van der Waals surface area contributed by atoms with Gasteiger partial charge in [0.1, 0.15) is 5.75 Å². The number of benzene rings is 1.